The van der Waals surface area contributed by atoms with Gasteiger partial charge in [0, 0.05) is 28.4 Å². The number of aromatic nitrogens is 1. The van der Waals surface area contributed by atoms with Gasteiger partial charge in [-0.05, 0) is 56.5 Å². The van der Waals surface area contributed by atoms with Gasteiger partial charge in [0.15, 0.2) is 5.78 Å². The molecule has 160 valence electrons. The van der Waals surface area contributed by atoms with E-state index in [0.29, 0.717) is 12.0 Å². The molecule has 1 N–H and O–H groups in total. The second kappa shape index (κ2) is 8.02. The van der Waals surface area contributed by atoms with E-state index in [2.05, 4.69) is 21.3 Å². The van der Waals surface area contributed by atoms with Crippen LogP contribution in [-0.2, 0) is 17.8 Å². The summed E-state index contributed by atoms with van der Waals surface area (Å²) in [7, 11) is 0. The molecule has 6 nitrogen and oxygen atoms in total. The van der Waals surface area contributed by atoms with Crippen LogP contribution < -0.4 is 5.32 Å². The summed E-state index contributed by atoms with van der Waals surface area (Å²) >= 11 is 1.73. The average Bonchev–Trinajstić information content (AvgIpc) is 3.38. The molecule has 2 fully saturated rings. The van der Waals surface area contributed by atoms with Gasteiger partial charge in [-0.15, -0.1) is 11.3 Å². The van der Waals surface area contributed by atoms with Crippen LogP contribution in [0.3, 0.4) is 0 Å². The number of nitrogens with one attached hydrogen (secondary N) is 1. The van der Waals surface area contributed by atoms with E-state index in [4.69, 9.17) is 0 Å². The SMILES string of the molecule is Cc1cc(C(=O)CN2C(=O)N[C@@]3(CCCC[C@H]3C)C2=O)c(C)n1CCc1cccs1. The monoisotopic (exact) mass is 427 g/mol. The molecule has 7 heteroatoms. The quantitative estimate of drug-likeness (QED) is 0.557. The molecule has 2 aromatic rings. The predicted octanol–water partition coefficient (Wildman–Crippen LogP) is 4.09. The number of hydrogen-bond donors (Lipinski definition) is 1. The third kappa shape index (κ3) is 3.49. The van der Waals surface area contributed by atoms with E-state index in [0.717, 1.165) is 48.5 Å². The van der Waals surface area contributed by atoms with E-state index in [9.17, 15) is 14.4 Å². The van der Waals surface area contributed by atoms with E-state index < -0.39 is 11.6 Å². The number of amides is 3. The number of rotatable bonds is 6. The molecule has 30 heavy (non-hydrogen) atoms. The van der Waals surface area contributed by atoms with E-state index in [1.165, 1.54) is 4.88 Å². The van der Waals surface area contributed by atoms with Gasteiger partial charge in [-0.1, -0.05) is 25.8 Å². The third-order valence-corrected chi connectivity index (χ3v) is 7.78. The molecule has 0 aromatic carbocycles. The summed E-state index contributed by atoms with van der Waals surface area (Å²) in [5, 5.41) is 4.99. The molecule has 0 bridgehead atoms. The Morgan fingerprint density at radius 2 is 2.10 bits per heavy atom. The molecule has 2 atom stereocenters. The van der Waals surface area contributed by atoms with Crippen molar-refractivity contribution in [1.82, 2.24) is 14.8 Å². The van der Waals surface area contributed by atoms with Crippen LogP contribution in [0.25, 0.3) is 0 Å². The largest absolute Gasteiger partial charge is 0.348 e. The summed E-state index contributed by atoms with van der Waals surface area (Å²) in [5.74, 6) is -0.334. The van der Waals surface area contributed by atoms with Crippen molar-refractivity contribution in [2.75, 3.05) is 6.54 Å². The number of Topliss-reactive ketones (excluding diaryl/α,β-unsaturated/α-hetero) is 1. The highest BCUT2D eigenvalue weighted by Gasteiger charge is 2.55. The van der Waals surface area contributed by atoms with Gasteiger partial charge in [-0.2, -0.15) is 0 Å². The lowest BCUT2D eigenvalue weighted by atomic mass is 9.73. The maximum Gasteiger partial charge on any atom is 0.325 e. The number of carbonyl (C=O) groups excluding carboxylic acids is 3. The van der Waals surface area contributed by atoms with E-state index in [1.807, 2.05) is 32.9 Å². The molecule has 0 radical (unpaired) electrons. The van der Waals surface area contributed by atoms with Crippen molar-refractivity contribution in [3.63, 3.8) is 0 Å². The number of ketones is 1. The Balaban J connectivity index is 1.49. The number of imide groups is 1. The minimum Gasteiger partial charge on any atom is -0.348 e. The molecule has 1 saturated carbocycles. The Morgan fingerprint density at radius 1 is 1.30 bits per heavy atom. The van der Waals surface area contributed by atoms with Gasteiger partial charge < -0.3 is 9.88 Å². The van der Waals surface area contributed by atoms with Gasteiger partial charge in [0.2, 0.25) is 0 Å². The van der Waals surface area contributed by atoms with E-state index in [1.54, 1.807) is 11.3 Å². The van der Waals surface area contributed by atoms with Crippen molar-refractivity contribution in [3.8, 4) is 0 Å². The van der Waals surface area contributed by atoms with Crippen molar-refractivity contribution in [3.05, 3.63) is 45.4 Å². The molecule has 3 amide bonds. The average molecular weight is 428 g/mol. The number of carbonyl (C=O) groups is 3. The van der Waals surface area contributed by atoms with Crippen LogP contribution >= 0.6 is 11.3 Å². The van der Waals surface area contributed by atoms with Crippen molar-refractivity contribution in [2.24, 2.45) is 5.92 Å². The zero-order valence-electron chi connectivity index (χ0n) is 17.9. The summed E-state index contributed by atoms with van der Waals surface area (Å²) in [6, 6.07) is 5.60. The number of hydrogen-bond acceptors (Lipinski definition) is 4. The van der Waals surface area contributed by atoms with E-state index in [-0.39, 0.29) is 24.2 Å². The number of urea groups is 1. The summed E-state index contributed by atoms with van der Waals surface area (Å²) in [6.07, 6.45) is 4.47. The molecular weight excluding hydrogens is 398 g/mol. The Kier molecular flexibility index (Phi) is 5.57. The Bertz CT molecular complexity index is 978. The molecule has 2 aliphatic rings. The second-order valence-corrected chi connectivity index (χ2v) is 9.66. The maximum atomic E-state index is 13.1. The first kappa shape index (κ1) is 20.8. The zero-order chi connectivity index (χ0) is 21.5. The number of nitrogens with zero attached hydrogens (tertiary/aromatic N) is 2. The smallest absolute Gasteiger partial charge is 0.325 e. The molecule has 1 saturated heterocycles. The minimum absolute atomic E-state index is 0.0881. The lowest BCUT2D eigenvalue weighted by Gasteiger charge is -2.36. The first-order valence-corrected chi connectivity index (χ1v) is 11.6. The number of thiophene rings is 1. The molecule has 1 aliphatic heterocycles. The summed E-state index contributed by atoms with van der Waals surface area (Å²) in [4.78, 5) is 41.3. The van der Waals surface area contributed by atoms with Crippen molar-refractivity contribution in [1.29, 1.82) is 0 Å². The van der Waals surface area contributed by atoms with E-state index >= 15 is 0 Å². The Morgan fingerprint density at radius 3 is 2.80 bits per heavy atom. The van der Waals surface area contributed by atoms with Crippen LogP contribution in [-0.4, -0.2) is 39.3 Å². The van der Waals surface area contributed by atoms with Crippen LogP contribution in [0.5, 0.6) is 0 Å². The topological polar surface area (TPSA) is 71.4 Å². The maximum absolute atomic E-state index is 13.1. The normalized spacial score (nSPS) is 24.0. The predicted molar refractivity (Wildman–Crippen MR) is 117 cm³/mol. The Labute approximate surface area is 181 Å². The standard InChI is InChI=1S/C23H29N3O3S/c1-15-7-4-5-10-23(15)21(28)26(22(29)24-23)14-20(27)19-13-16(2)25(17(19)3)11-9-18-8-6-12-30-18/h6,8,12-13,15H,4-5,7,9-11,14H2,1-3H3,(H,24,29)/t15-,23-/m1/s1. The fourth-order valence-corrected chi connectivity index (χ4v) is 5.67. The van der Waals surface area contributed by atoms with Crippen molar-refractivity contribution >= 4 is 29.1 Å². The first-order chi connectivity index (χ1) is 14.3. The van der Waals surface area contributed by atoms with Crippen LogP contribution in [0.1, 0.15) is 59.2 Å². The van der Waals surface area contributed by atoms with Crippen LogP contribution in [0.4, 0.5) is 4.79 Å². The van der Waals surface area contributed by atoms with Gasteiger partial charge in [0.1, 0.15) is 5.54 Å². The molecule has 3 heterocycles. The lowest BCUT2D eigenvalue weighted by molar-refractivity contribution is -0.133. The second-order valence-electron chi connectivity index (χ2n) is 8.63. The first-order valence-electron chi connectivity index (χ1n) is 10.7. The molecule has 2 aromatic heterocycles. The van der Waals surface area contributed by atoms with Crippen molar-refractivity contribution < 1.29 is 14.4 Å². The zero-order valence-corrected chi connectivity index (χ0v) is 18.7. The Hall–Kier alpha value is -2.41. The lowest BCUT2D eigenvalue weighted by Crippen LogP contribution is -2.54. The van der Waals surface area contributed by atoms with Gasteiger partial charge in [0.25, 0.3) is 5.91 Å². The fourth-order valence-electron chi connectivity index (χ4n) is 4.97. The minimum atomic E-state index is -0.826. The highest BCUT2D eigenvalue weighted by molar-refractivity contribution is 7.09. The van der Waals surface area contributed by atoms with Gasteiger partial charge >= 0.3 is 6.03 Å². The van der Waals surface area contributed by atoms with Gasteiger partial charge in [-0.3, -0.25) is 14.5 Å². The van der Waals surface area contributed by atoms with Gasteiger partial charge in [0.05, 0.1) is 6.54 Å². The third-order valence-electron chi connectivity index (χ3n) is 6.84. The summed E-state index contributed by atoms with van der Waals surface area (Å²) < 4.78 is 2.14. The molecule has 1 aliphatic carbocycles. The number of aryl methyl sites for hydroxylation is 2. The summed E-state index contributed by atoms with van der Waals surface area (Å²) in [5.41, 5.74) is 1.67. The van der Waals surface area contributed by atoms with Gasteiger partial charge in [-0.25, -0.2) is 4.79 Å². The fraction of sp³-hybridized carbons (Fsp3) is 0.522. The van der Waals surface area contributed by atoms with Crippen LogP contribution in [0.2, 0.25) is 0 Å². The highest BCUT2D eigenvalue weighted by Crippen LogP contribution is 2.38. The summed E-state index contributed by atoms with van der Waals surface area (Å²) in [6.45, 7) is 6.54. The molecule has 1 spiro atoms. The van der Waals surface area contributed by atoms with Crippen LogP contribution in [0, 0.1) is 19.8 Å². The molecule has 0 unspecified atom stereocenters. The highest BCUT2D eigenvalue weighted by atomic mass is 32.1. The molecular formula is C23H29N3O3S. The van der Waals surface area contributed by atoms with Crippen LogP contribution in [0.15, 0.2) is 23.6 Å². The molecule has 4 rings (SSSR count). The van der Waals surface area contributed by atoms with Crippen molar-refractivity contribution in [2.45, 2.75) is 65.0 Å².